The van der Waals surface area contributed by atoms with Crippen LogP contribution in [0.2, 0.25) is 5.02 Å². The van der Waals surface area contributed by atoms with Crippen molar-refractivity contribution in [3.05, 3.63) is 27.4 Å². The molecule has 19 heavy (non-hydrogen) atoms. The predicted molar refractivity (Wildman–Crippen MR) is 81.5 cm³/mol. The summed E-state index contributed by atoms with van der Waals surface area (Å²) in [7, 11) is 0. The fourth-order valence-corrected chi connectivity index (χ4v) is 3.67. The summed E-state index contributed by atoms with van der Waals surface area (Å²) in [6.45, 7) is 0.920. The molecule has 0 spiro atoms. The lowest BCUT2D eigenvalue weighted by Gasteiger charge is -2.22. The maximum Gasteiger partial charge on any atom is 0.226 e. The SMILES string of the molecule is O=C(CC1CSCCN1)Nc1c(Cl)cc(F)cc1Br. The van der Waals surface area contributed by atoms with Crippen molar-refractivity contribution in [3.63, 3.8) is 0 Å². The van der Waals surface area contributed by atoms with Gasteiger partial charge in [-0.25, -0.2) is 4.39 Å². The molecule has 1 heterocycles. The molecule has 7 heteroatoms. The van der Waals surface area contributed by atoms with Crippen molar-refractivity contribution in [1.82, 2.24) is 5.32 Å². The van der Waals surface area contributed by atoms with Crippen molar-refractivity contribution in [2.75, 3.05) is 23.4 Å². The largest absolute Gasteiger partial charge is 0.324 e. The van der Waals surface area contributed by atoms with Gasteiger partial charge in [-0.1, -0.05) is 11.6 Å². The van der Waals surface area contributed by atoms with Gasteiger partial charge in [0.1, 0.15) is 5.82 Å². The molecule has 3 nitrogen and oxygen atoms in total. The van der Waals surface area contributed by atoms with Crippen molar-refractivity contribution < 1.29 is 9.18 Å². The van der Waals surface area contributed by atoms with E-state index in [9.17, 15) is 9.18 Å². The van der Waals surface area contributed by atoms with E-state index in [1.807, 2.05) is 11.8 Å². The van der Waals surface area contributed by atoms with Crippen LogP contribution in [-0.4, -0.2) is 30.0 Å². The van der Waals surface area contributed by atoms with Crippen LogP contribution >= 0.6 is 39.3 Å². The summed E-state index contributed by atoms with van der Waals surface area (Å²) in [6, 6.07) is 2.63. The molecule has 2 N–H and O–H groups in total. The van der Waals surface area contributed by atoms with Crippen molar-refractivity contribution >= 4 is 50.9 Å². The Balaban J connectivity index is 1.98. The summed E-state index contributed by atoms with van der Waals surface area (Å²) in [5.41, 5.74) is 0.413. The summed E-state index contributed by atoms with van der Waals surface area (Å²) >= 11 is 10.9. The van der Waals surface area contributed by atoms with E-state index in [0.29, 0.717) is 16.6 Å². The Morgan fingerprint density at radius 3 is 3.05 bits per heavy atom. The number of thioether (sulfide) groups is 1. The summed E-state index contributed by atoms with van der Waals surface area (Å²) in [5, 5.41) is 6.19. The van der Waals surface area contributed by atoms with Crippen LogP contribution in [0.25, 0.3) is 0 Å². The standard InChI is InChI=1S/C12H13BrClFN2OS/c13-9-3-7(15)4-10(14)12(9)17-11(18)5-8-6-19-2-1-16-8/h3-4,8,16H,1-2,5-6H2,(H,17,18). The van der Waals surface area contributed by atoms with Gasteiger partial charge in [0.05, 0.1) is 10.7 Å². The van der Waals surface area contributed by atoms with Crippen LogP contribution in [0.1, 0.15) is 6.42 Å². The minimum absolute atomic E-state index is 0.130. The molecule has 0 aromatic heterocycles. The average Bonchev–Trinajstić information content (AvgIpc) is 2.35. The summed E-state index contributed by atoms with van der Waals surface area (Å²) in [4.78, 5) is 11.9. The van der Waals surface area contributed by atoms with Crippen LogP contribution < -0.4 is 10.6 Å². The lowest BCUT2D eigenvalue weighted by Crippen LogP contribution is -2.39. The fourth-order valence-electron chi connectivity index (χ4n) is 1.83. The Hall–Kier alpha value is -0.300. The van der Waals surface area contributed by atoms with Crippen molar-refractivity contribution in [2.24, 2.45) is 0 Å². The first kappa shape index (κ1) is 15.1. The van der Waals surface area contributed by atoms with E-state index in [4.69, 9.17) is 11.6 Å². The molecule has 1 aliphatic rings. The second kappa shape index (κ2) is 6.92. The van der Waals surface area contributed by atoms with Gasteiger partial charge in [0, 0.05) is 35.0 Å². The number of anilines is 1. The zero-order valence-corrected chi connectivity index (χ0v) is 13.2. The third kappa shape index (κ3) is 4.34. The summed E-state index contributed by atoms with van der Waals surface area (Å²) in [6.07, 6.45) is 0.382. The molecule has 1 saturated heterocycles. The topological polar surface area (TPSA) is 41.1 Å². The highest BCUT2D eigenvalue weighted by Crippen LogP contribution is 2.31. The van der Waals surface area contributed by atoms with Crippen LogP contribution in [0.15, 0.2) is 16.6 Å². The molecular formula is C12H13BrClFN2OS. The maximum absolute atomic E-state index is 13.1. The minimum Gasteiger partial charge on any atom is -0.324 e. The molecule has 0 radical (unpaired) electrons. The highest BCUT2D eigenvalue weighted by Gasteiger charge is 2.18. The molecule has 2 rings (SSSR count). The van der Waals surface area contributed by atoms with Crippen molar-refractivity contribution in [3.8, 4) is 0 Å². The first-order valence-corrected chi connectivity index (χ1v) is 8.14. The number of halogens is 3. The third-order valence-electron chi connectivity index (χ3n) is 2.70. The van der Waals surface area contributed by atoms with E-state index in [1.54, 1.807) is 0 Å². The van der Waals surface area contributed by atoms with Gasteiger partial charge < -0.3 is 10.6 Å². The van der Waals surface area contributed by atoms with Crippen molar-refractivity contribution in [2.45, 2.75) is 12.5 Å². The maximum atomic E-state index is 13.1. The van der Waals surface area contributed by atoms with Gasteiger partial charge >= 0.3 is 0 Å². The van der Waals surface area contributed by atoms with Crippen LogP contribution in [0.4, 0.5) is 10.1 Å². The number of hydrogen-bond donors (Lipinski definition) is 2. The van der Waals surface area contributed by atoms with Gasteiger partial charge in [-0.3, -0.25) is 4.79 Å². The molecule has 0 bridgehead atoms. The predicted octanol–water partition coefficient (Wildman–Crippen LogP) is 3.28. The molecule has 0 aliphatic carbocycles. The van der Waals surface area contributed by atoms with Gasteiger partial charge in [-0.2, -0.15) is 11.8 Å². The van der Waals surface area contributed by atoms with Gasteiger partial charge in [-0.15, -0.1) is 0 Å². The smallest absolute Gasteiger partial charge is 0.226 e. The monoisotopic (exact) mass is 366 g/mol. The fraction of sp³-hybridized carbons (Fsp3) is 0.417. The van der Waals surface area contributed by atoms with E-state index >= 15 is 0 Å². The van der Waals surface area contributed by atoms with Crippen molar-refractivity contribution in [1.29, 1.82) is 0 Å². The molecule has 0 saturated carbocycles. The first-order chi connectivity index (χ1) is 9.06. The number of carbonyl (C=O) groups excluding carboxylic acids is 1. The molecule has 104 valence electrons. The molecule has 1 fully saturated rings. The number of rotatable bonds is 3. The highest BCUT2D eigenvalue weighted by atomic mass is 79.9. The Morgan fingerprint density at radius 2 is 2.42 bits per heavy atom. The van der Waals surface area contributed by atoms with Crippen LogP contribution in [-0.2, 0) is 4.79 Å². The zero-order chi connectivity index (χ0) is 13.8. The number of carbonyl (C=O) groups is 1. The van der Waals surface area contributed by atoms with E-state index in [2.05, 4.69) is 26.6 Å². The lowest BCUT2D eigenvalue weighted by molar-refractivity contribution is -0.116. The number of hydrogen-bond acceptors (Lipinski definition) is 3. The van der Waals surface area contributed by atoms with E-state index in [1.165, 1.54) is 12.1 Å². The lowest BCUT2D eigenvalue weighted by atomic mass is 10.2. The Labute approximate surface area is 128 Å². The summed E-state index contributed by atoms with van der Waals surface area (Å²) < 4.78 is 13.5. The van der Waals surface area contributed by atoms with Gasteiger partial charge in [-0.05, 0) is 28.1 Å². The molecule has 1 aromatic rings. The normalized spacial score (nSPS) is 19.2. The van der Waals surface area contributed by atoms with E-state index in [-0.39, 0.29) is 17.0 Å². The average molecular weight is 368 g/mol. The zero-order valence-electron chi connectivity index (χ0n) is 10.0. The molecule has 1 unspecified atom stereocenters. The summed E-state index contributed by atoms with van der Waals surface area (Å²) in [5.74, 6) is 1.42. The number of benzene rings is 1. The third-order valence-corrected chi connectivity index (χ3v) is 4.76. The molecular weight excluding hydrogens is 355 g/mol. The molecule has 1 aliphatic heterocycles. The van der Waals surface area contributed by atoms with Crippen LogP contribution in [0.5, 0.6) is 0 Å². The van der Waals surface area contributed by atoms with Crippen LogP contribution in [0.3, 0.4) is 0 Å². The molecule has 1 amide bonds. The second-order valence-electron chi connectivity index (χ2n) is 4.22. The van der Waals surface area contributed by atoms with E-state index in [0.717, 1.165) is 18.1 Å². The Morgan fingerprint density at radius 1 is 1.63 bits per heavy atom. The van der Waals surface area contributed by atoms with E-state index < -0.39 is 5.82 Å². The minimum atomic E-state index is -0.444. The second-order valence-corrected chi connectivity index (χ2v) is 6.63. The molecule has 1 atom stereocenters. The first-order valence-electron chi connectivity index (χ1n) is 5.82. The number of nitrogens with one attached hydrogen (secondary N) is 2. The van der Waals surface area contributed by atoms with Gasteiger partial charge in [0.15, 0.2) is 0 Å². The van der Waals surface area contributed by atoms with Gasteiger partial charge in [0.2, 0.25) is 5.91 Å². The number of amides is 1. The Bertz CT molecular complexity index is 460. The molecule has 1 aromatic carbocycles. The quantitative estimate of drug-likeness (QED) is 0.861. The highest BCUT2D eigenvalue weighted by molar-refractivity contribution is 9.10. The van der Waals surface area contributed by atoms with Crippen LogP contribution in [0, 0.1) is 5.82 Å². The van der Waals surface area contributed by atoms with Gasteiger partial charge in [0.25, 0.3) is 0 Å². The Kier molecular flexibility index (Phi) is 5.50.